The van der Waals surface area contributed by atoms with Gasteiger partial charge in [0.25, 0.3) is 11.8 Å². The van der Waals surface area contributed by atoms with Crippen LogP contribution < -0.4 is 10.7 Å². The number of hydrogen-bond donors (Lipinski definition) is 2. The lowest BCUT2D eigenvalue weighted by atomic mass is 10.2. The van der Waals surface area contributed by atoms with Crippen molar-refractivity contribution in [2.75, 3.05) is 12.4 Å². The van der Waals surface area contributed by atoms with E-state index in [4.69, 9.17) is 23.8 Å². The molecule has 7 nitrogen and oxygen atoms in total. The summed E-state index contributed by atoms with van der Waals surface area (Å²) < 4.78 is 1.04. The van der Waals surface area contributed by atoms with Gasteiger partial charge in [0.2, 0.25) is 5.91 Å². The molecular formula is C19H16ClIN4O3S. The van der Waals surface area contributed by atoms with E-state index in [0.29, 0.717) is 16.3 Å². The summed E-state index contributed by atoms with van der Waals surface area (Å²) in [5.41, 5.74) is 3.59. The Hall–Kier alpha value is -2.24. The number of carbonyl (C=O) groups is 3. The Morgan fingerprint density at radius 1 is 1.14 bits per heavy atom. The first-order valence-electron chi connectivity index (χ1n) is 8.49. The Morgan fingerprint density at radius 2 is 1.76 bits per heavy atom. The number of nitrogens with one attached hydrogen (secondary N) is 2. The molecule has 2 N–H and O–H groups in total. The molecule has 0 aromatic heterocycles. The van der Waals surface area contributed by atoms with Crippen molar-refractivity contribution in [1.29, 1.82) is 0 Å². The van der Waals surface area contributed by atoms with Crippen LogP contribution in [0.25, 0.3) is 0 Å². The van der Waals surface area contributed by atoms with Gasteiger partial charge in [-0.1, -0.05) is 11.6 Å². The lowest BCUT2D eigenvalue weighted by Crippen LogP contribution is -2.49. The van der Waals surface area contributed by atoms with Crippen molar-refractivity contribution < 1.29 is 14.4 Å². The van der Waals surface area contributed by atoms with Crippen LogP contribution in [0.15, 0.2) is 48.5 Å². The zero-order valence-corrected chi connectivity index (χ0v) is 18.9. The zero-order chi connectivity index (χ0) is 21.1. The largest absolute Gasteiger partial charge is 0.326 e. The summed E-state index contributed by atoms with van der Waals surface area (Å²) in [6, 6.07) is 12.6. The van der Waals surface area contributed by atoms with Crippen LogP contribution in [0.1, 0.15) is 16.8 Å². The maximum atomic E-state index is 12.6. The number of hydrogen-bond acceptors (Lipinski definition) is 4. The van der Waals surface area contributed by atoms with Crippen LogP contribution in [0.2, 0.25) is 5.02 Å². The van der Waals surface area contributed by atoms with Gasteiger partial charge < -0.3 is 5.32 Å². The van der Waals surface area contributed by atoms with Crippen LogP contribution in [0.5, 0.6) is 0 Å². The van der Waals surface area contributed by atoms with E-state index in [1.54, 1.807) is 36.4 Å². The van der Waals surface area contributed by atoms with E-state index < -0.39 is 11.9 Å². The number of likely N-dealkylation sites (N-methyl/N-ethyl adjacent to an activating group) is 1. The number of anilines is 1. The predicted molar refractivity (Wildman–Crippen MR) is 122 cm³/mol. The van der Waals surface area contributed by atoms with Crippen molar-refractivity contribution in [3.8, 4) is 0 Å². The molecule has 2 aromatic rings. The van der Waals surface area contributed by atoms with Gasteiger partial charge in [-0.05, 0) is 83.3 Å². The van der Waals surface area contributed by atoms with Gasteiger partial charge in [0.05, 0.1) is 6.42 Å². The second kappa shape index (κ2) is 9.06. The van der Waals surface area contributed by atoms with Gasteiger partial charge in [-0.25, -0.2) is 5.01 Å². The second-order valence-corrected chi connectivity index (χ2v) is 8.32. The standard InChI is InChI=1S/C19H16ClIN4O3S/c1-24-18(28)15(10-16(26)22-14-8-6-13(21)7-9-14)25(19(24)29)23-17(27)11-2-4-12(20)5-3-11/h2-9,15H,10H2,1H3,(H,22,26)(H,23,27). The number of benzene rings is 2. The quantitative estimate of drug-likeness (QED) is 0.448. The number of rotatable bonds is 5. The van der Waals surface area contributed by atoms with Gasteiger partial charge in [-0.3, -0.25) is 24.7 Å². The molecule has 29 heavy (non-hydrogen) atoms. The summed E-state index contributed by atoms with van der Waals surface area (Å²) in [6.45, 7) is 0. The highest BCUT2D eigenvalue weighted by Gasteiger charge is 2.42. The van der Waals surface area contributed by atoms with E-state index in [-0.39, 0.29) is 23.3 Å². The molecule has 1 unspecified atom stereocenters. The van der Waals surface area contributed by atoms with Gasteiger partial charge in [-0.2, -0.15) is 0 Å². The number of halogens is 2. The molecule has 10 heteroatoms. The molecule has 1 atom stereocenters. The fraction of sp³-hybridized carbons (Fsp3) is 0.158. The zero-order valence-electron chi connectivity index (χ0n) is 15.2. The number of thiocarbonyl (C=S) groups is 1. The number of amides is 3. The molecule has 0 spiro atoms. The first kappa shape index (κ1) is 21.5. The molecule has 1 fully saturated rings. The summed E-state index contributed by atoms with van der Waals surface area (Å²) >= 11 is 13.3. The van der Waals surface area contributed by atoms with E-state index in [1.807, 2.05) is 12.1 Å². The third kappa shape index (κ3) is 5.03. The van der Waals surface area contributed by atoms with E-state index in [2.05, 4.69) is 33.3 Å². The lowest BCUT2D eigenvalue weighted by molar-refractivity contribution is -0.130. The first-order valence-corrected chi connectivity index (χ1v) is 10.4. The fourth-order valence-electron chi connectivity index (χ4n) is 2.72. The monoisotopic (exact) mass is 542 g/mol. The molecule has 1 saturated heterocycles. The molecule has 1 heterocycles. The summed E-state index contributed by atoms with van der Waals surface area (Å²) in [5.74, 6) is -1.20. The van der Waals surface area contributed by atoms with E-state index >= 15 is 0 Å². The molecule has 150 valence electrons. The maximum Gasteiger partial charge on any atom is 0.269 e. The molecule has 0 aliphatic carbocycles. The van der Waals surface area contributed by atoms with Crippen molar-refractivity contribution in [3.63, 3.8) is 0 Å². The highest BCUT2D eigenvalue weighted by atomic mass is 127. The first-order chi connectivity index (χ1) is 13.8. The average Bonchev–Trinajstić information content (AvgIpc) is 2.88. The molecule has 0 bridgehead atoms. The maximum absolute atomic E-state index is 12.6. The van der Waals surface area contributed by atoms with E-state index in [1.165, 1.54) is 17.0 Å². The number of hydrazine groups is 1. The van der Waals surface area contributed by atoms with Crippen LogP contribution in [0.3, 0.4) is 0 Å². The highest BCUT2D eigenvalue weighted by molar-refractivity contribution is 14.1. The van der Waals surface area contributed by atoms with Crippen LogP contribution in [-0.4, -0.2) is 45.8 Å². The van der Waals surface area contributed by atoms with Crippen molar-refractivity contribution in [1.82, 2.24) is 15.3 Å². The lowest BCUT2D eigenvalue weighted by Gasteiger charge is -2.24. The van der Waals surface area contributed by atoms with Gasteiger partial charge in [0.1, 0.15) is 6.04 Å². The third-order valence-electron chi connectivity index (χ3n) is 4.26. The van der Waals surface area contributed by atoms with Gasteiger partial charge in [-0.15, -0.1) is 0 Å². The minimum Gasteiger partial charge on any atom is -0.326 e. The smallest absolute Gasteiger partial charge is 0.269 e. The molecule has 2 aromatic carbocycles. The summed E-state index contributed by atoms with van der Waals surface area (Å²) in [7, 11) is 1.50. The molecule has 0 radical (unpaired) electrons. The van der Waals surface area contributed by atoms with Crippen molar-refractivity contribution in [2.45, 2.75) is 12.5 Å². The Bertz CT molecular complexity index is 968. The SMILES string of the molecule is CN1C(=O)C(CC(=O)Nc2ccc(I)cc2)N(NC(=O)c2ccc(Cl)cc2)C1=S. The Morgan fingerprint density at radius 3 is 2.38 bits per heavy atom. The fourth-order valence-corrected chi connectivity index (χ4v) is 3.47. The minimum absolute atomic E-state index is 0.115. The molecule has 3 amide bonds. The molecular weight excluding hydrogens is 527 g/mol. The normalized spacial score (nSPS) is 16.2. The third-order valence-corrected chi connectivity index (χ3v) is 5.70. The van der Waals surface area contributed by atoms with Crippen molar-refractivity contribution in [3.05, 3.63) is 62.7 Å². The van der Waals surface area contributed by atoms with Gasteiger partial charge >= 0.3 is 0 Å². The van der Waals surface area contributed by atoms with Crippen LogP contribution >= 0.6 is 46.4 Å². The van der Waals surface area contributed by atoms with Crippen molar-refractivity contribution >= 4 is 74.9 Å². The average molecular weight is 543 g/mol. The Labute approximate surface area is 191 Å². The molecule has 1 aliphatic rings. The Balaban J connectivity index is 1.72. The minimum atomic E-state index is -0.937. The second-order valence-electron chi connectivity index (χ2n) is 6.27. The van der Waals surface area contributed by atoms with Gasteiger partial charge in [0.15, 0.2) is 5.11 Å². The van der Waals surface area contributed by atoms with E-state index in [0.717, 1.165) is 3.57 Å². The summed E-state index contributed by atoms with van der Waals surface area (Å²) in [6.07, 6.45) is -0.170. The topological polar surface area (TPSA) is 81.8 Å². The molecule has 0 saturated carbocycles. The van der Waals surface area contributed by atoms with Gasteiger partial charge in [0, 0.05) is 26.9 Å². The highest BCUT2D eigenvalue weighted by Crippen LogP contribution is 2.19. The molecule has 1 aliphatic heterocycles. The molecule has 3 rings (SSSR count). The van der Waals surface area contributed by atoms with Crippen molar-refractivity contribution in [2.24, 2.45) is 0 Å². The Kier molecular flexibility index (Phi) is 6.70. The number of nitrogens with zero attached hydrogens (tertiary/aromatic N) is 2. The van der Waals surface area contributed by atoms with Crippen LogP contribution in [-0.2, 0) is 9.59 Å². The summed E-state index contributed by atoms with van der Waals surface area (Å²) in [5, 5.41) is 4.61. The van der Waals surface area contributed by atoms with Crippen LogP contribution in [0, 0.1) is 3.57 Å². The van der Waals surface area contributed by atoms with E-state index in [9.17, 15) is 14.4 Å². The number of carbonyl (C=O) groups excluding carboxylic acids is 3. The summed E-state index contributed by atoms with van der Waals surface area (Å²) in [4.78, 5) is 38.8. The van der Waals surface area contributed by atoms with Crippen LogP contribution in [0.4, 0.5) is 5.69 Å². The predicted octanol–water partition coefficient (Wildman–Crippen LogP) is 3.05.